The van der Waals surface area contributed by atoms with Crippen LogP contribution in [0, 0.1) is 0 Å². The number of rotatable bonds is 8. The van der Waals surface area contributed by atoms with Gasteiger partial charge in [-0.3, -0.25) is 14.4 Å². The van der Waals surface area contributed by atoms with E-state index in [0.717, 1.165) is 0 Å². The maximum Gasteiger partial charge on any atom is 0.328 e. The first kappa shape index (κ1) is 17.7. The van der Waals surface area contributed by atoms with Crippen LogP contribution in [0.4, 0.5) is 0 Å². The Kier molecular flexibility index (Phi) is 7.15. The number of carbonyl (C=O) groups is 3. The minimum atomic E-state index is -1.25. The van der Waals surface area contributed by atoms with Crippen LogP contribution in [0.2, 0.25) is 0 Å². The van der Waals surface area contributed by atoms with Crippen molar-refractivity contribution in [1.82, 2.24) is 0 Å². The van der Waals surface area contributed by atoms with E-state index < -0.39 is 17.9 Å². The smallest absolute Gasteiger partial charge is 0.328 e. The van der Waals surface area contributed by atoms with Gasteiger partial charge in [0.2, 0.25) is 5.92 Å². The molecule has 0 N–H and O–H groups in total. The standard InChI is InChI=1S/C15H20O7/c1-4-19-14(17)13(15(18)20-5-2)12-7-6-11(22-12)8-9-21-10(3)16/h6-7,13H,4-5,8-9H2,1-3H3. The molecule has 0 atom stereocenters. The monoisotopic (exact) mass is 312 g/mol. The van der Waals surface area contributed by atoms with Crippen LogP contribution in [-0.4, -0.2) is 37.7 Å². The number of esters is 3. The summed E-state index contributed by atoms with van der Waals surface area (Å²) in [6.45, 7) is 5.06. The van der Waals surface area contributed by atoms with E-state index in [4.69, 9.17) is 18.6 Å². The van der Waals surface area contributed by atoms with E-state index in [1.165, 1.54) is 13.0 Å². The normalized spacial score (nSPS) is 10.4. The lowest BCUT2D eigenvalue weighted by molar-refractivity contribution is -0.157. The summed E-state index contributed by atoms with van der Waals surface area (Å²) in [4.78, 5) is 34.5. The van der Waals surface area contributed by atoms with Gasteiger partial charge in [0.1, 0.15) is 11.5 Å². The highest BCUT2D eigenvalue weighted by Gasteiger charge is 2.34. The van der Waals surface area contributed by atoms with Crippen LogP contribution in [0.25, 0.3) is 0 Å². The number of hydrogen-bond donors (Lipinski definition) is 0. The van der Waals surface area contributed by atoms with Gasteiger partial charge in [-0.25, -0.2) is 0 Å². The van der Waals surface area contributed by atoms with Crippen molar-refractivity contribution >= 4 is 17.9 Å². The second-order valence-corrected chi connectivity index (χ2v) is 4.33. The van der Waals surface area contributed by atoms with Crippen LogP contribution in [0.15, 0.2) is 16.5 Å². The molecular formula is C15H20O7. The molecule has 122 valence electrons. The van der Waals surface area contributed by atoms with Crippen LogP contribution in [0.3, 0.4) is 0 Å². The van der Waals surface area contributed by atoms with Crippen LogP contribution in [0.1, 0.15) is 38.2 Å². The number of furan rings is 1. The molecule has 0 fully saturated rings. The van der Waals surface area contributed by atoms with Gasteiger partial charge in [-0.15, -0.1) is 0 Å². The Balaban J connectivity index is 2.81. The molecule has 0 saturated heterocycles. The molecule has 0 saturated carbocycles. The largest absolute Gasteiger partial charge is 0.465 e. The predicted molar refractivity (Wildman–Crippen MR) is 75.1 cm³/mol. The Morgan fingerprint density at radius 2 is 1.64 bits per heavy atom. The molecular weight excluding hydrogens is 292 g/mol. The second-order valence-electron chi connectivity index (χ2n) is 4.33. The highest BCUT2D eigenvalue weighted by Crippen LogP contribution is 2.22. The molecule has 1 rings (SSSR count). The van der Waals surface area contributed by atoms with Gasteiger partial charge >= 0.3 is 17.9 Å². The van der Waals surface area contributed by atoms with Crippen LogP contribution in [-0.2, 0) is 35.0 Å². The van der Waals surface area contributed by atoms with E-state index >= 15 is 0 Å². The third-order valence-corrected chi connectivity index (χ3v) is 2.67. The molecule has 0 bridgehead atoms. The van der Waals surface area contributed by atoms with Gasteiger partial charge in [-0.1, -0.05) is 0 Å². The van der Waals surface area contributed by atoms with Crippen molar-refractivity contribution in [2.45, 2.75) is 33.1 Å². The van der Waals surface area contributed by atoms with Gasteiger partial charge in [0, 0.05) is 13.3 Å². The van der Waals surface area contributed by atoms with Crippen molar-refractivity contribution < 1.29 is 33.0 Å². The molecule has 0 aromatic carbocycles. The van der Waals surface area contributed by atoms with Gasteiger partial charge in [0.25, 0.3) is 0 Å². The average molecular weight is 312 g/mol. The van der Waals surface area contributed by atoms with Crippen molar-refractivity contribution in [3.8, 4) is 0 Å². The fraction of sp³-hybridized carbons (Fsp3) is 0.533. The zero-order chi connectivity index (χ0) is 16.5. The van der Waals surface area contributed by atoms with Crippen LogP contribution < -0.4 is 0 Å². The molecule has 7 nitrogen and oxygen atoms in total. The number of hydrogen-bond acceptors (Lipinski definition) is 7. The summed E-state index contributed by atoms with van der Waals surface area (Å²) in [5, 5.41) is 0. The Bertz CT molecular complexity index is 500. The van der Waals surface area contributed by atoms with Crippen molar-refractivity contribution in [2.75, 3.05) is 19.8 Å². The maximum atomic E-state index is 11.9. The summed E-state index contributed by atoms with van der Waals surface area (Å²) >= 11 is 0. The lowest BCUT2D eigenvalue weighted by Crippen LogP contribution is -2.25. The molecule has 0 radical (unpaired) electrons. The fourth-order valence-electron chi connectivity index (χ4n) is 1.76. The third kappa shape index (κ3) is 5.23. The summed E-state index contributed by atoms with van der Waals surface area (Å²) < 4.78 is 20.0. The Morgan fingerprint density at radius 3 is 2.14 bits per heavy atom. The Morgan fingerprint density at radius 1 is 1.05 bits per heavy atom. The topological polar surface area (TPSA) is 92.0 Å². The second kappa shape index (κ2) is 8.86. The van der Waals surface area contributed by atoms with E-state index in [2.05, 4.69) is 0 Å². The van der Waals surface area contributed by atoms with Gasteiger partial charge < -0.3 is 18.6 Å². The molecule has 1 aromatic rings. The molecule has 0 amide bonds. The SMILES string of the molecule is CCOC(=O)C(C(=O)OCC)c1ccc(CCOC(C)=O)o1. The van der Waals surface area contributed by atoms with Gasteiger partial charge in [0.15, 0.2) is 0 Å². The number of carbonyl (C=O) groups excluding carboxylic acids is 3. The van der Waals surface area contributed by atoms with Gasteiger partial charge in [-0.05, 0) is 26.0 Å². The third-order valence-electron chi connectivity index (χ3n) is 2.67. The molecule has 7 heteroatoms. The first-order valence-electron chi connectivity index (χ1n) is 7.04. The predicted octanol–water partition coefficient (Wildman–Crippen LogP) is 1.59. The minimum absolute atomic E-state index is 0.148. The van der Waals surface area contributed by atoms with Crippen molar-refractivity contribution in [3.63, 3.8) is 0 Å². The van der Waals surface area contributed by atoms with E-state index in [1.807, 2.05) is 0 Å². The summed E-state index contributed by atoms with van der Waals surface area (Å²) in [7, 11) is 0. The zero-order valence-corrected chi connectivity index (χ0v) is 12.9. The van der Waals surface area contributed by atoms with E-state index in [1.54, 1.807) is 19.9 Å². The lowest BCUT2D eigenvalue weighted by Gasteiger charge is -2.12. The molecule has 0 spiro atoms. The average Bonchev–Trinajstić information content (AvgIpc) is 2.87. The maximum absolute atomic E-state index is 11.9. The molecule has 0 aliphatic rings. The molecule has 0 aliphatic heterocycles. The van der Waals surface area contributed by atoms with Gasteiger partial charge in [0.05, 0.1) is 19.8 Å². The molecule has 0 aliphatic carbocycles. The Hall–Kier alpha value is -2.31. The lowest BCUT2D eigenvalue weighted by atomic mass is 10.1. The van der Waals surface area contributed by atoms with Crippen molar-refractivity contribution in [1.29, 1.82) is 0 Å². The van der Waals surface area contributed by atoms with E-state index in [-0.39, 0.29) is 31.6 Å². The Labute approximate surface area is 128 Å². The number of ether oxygens (including phenoxy) is 3. The first-order valence-corrected chi connectivity index (χ1v) is 7.04. The van der Waals surface area contributed by atoms with Crippen LogP contribution in [0.5, 0.6) is 0 Å². The van der Waals surface area contributed by atoms with E-state index in [0.29, 0.717) is 12.2 Å². The van der Waals surface area contributed by atoms with Crippen molar-refractivity contribution in [2.24, 2.45) is 0 Å². The molecule has 0 unspecified atom stereocenters. The summed E-state index contributed by atoms with van der Waals surface area (Å²) in [6, 6.07) is 3.13. The molecule has 1 aromatic heterocycles. The minimum Gasteiger partial charge on any atom is -0.465 e. The zero-order valence-electron chi connectivity index (χ0n) is 12.9. The molecule has 1 heterocycles. The quantitative estimate of drug-likeness (QED) is 0.409. The van der Waals surface area contributed by atoms with Crippen molar-refractivity contribution in [3.05, 3.63) is 23.7 Å². The highest BCUT2D eigenvalue weighted by atomic mass is 16.6. The molecule has 22 heavy (non-hydrogen) atoms. The highest BCUT2D eigenvalue weighted by molar-refractivity contribution is 6.00. The van der Waals surface area contributed by atoms with Crippen LogP contribution >= 0.6 is 0 Å². The van der Waals surface area contributed by atoms with Gasteiger partial charge in [-0.2, -0.15) is 0 Å². The van der Waals surface area contributed by atoms with E-state index in [9.17, 15) is 14.4 Å². The summed E-state index contributed by atoms with van der Waals surface area (Å²) in [5.74, 6) is -2.43. The first-order chi connectivity index (χ1) is 10.5. The summed E-state index contributed by atoms with van der Waals surface area (Å²) in [5.41, 5.74) is 0. The summed E-state index contributed by atoms with van der Waals surface area (Å²) in [6.07, 6.45) is 0.345. The fourth-order valence-corrected chi connectivity index (χ4v) is 1.76.